The van der Waals surface area contributed by atoms with Crippen LogP contribution in [0.5, 0.6) is 0 Å². The van der Waals surface area contributed by atoms with Crippen molar-refractivity contribution in [3.8, 4) is 0 Å². The zero-order chi connectivity index (χ0) is 8.27. The zero-order valence-corrected chi connectivity index (χ0v) is 7.05. The molecule has 11 heavy (non-hydrogen) atoms. The Hall–Kier alpha value is -0.820. The molecule has 0 unspecified atom stereocenters. The quantitative estimate of drug-likeness (QED) is 0.628. The Labute approximate surface area is 68.0 Å². The van der Waals surface area contributed by atoms with E-state index >= 15 is 0 Å². The van der Waals surface area contributed by atoms with Gasteiger partial charge < -0.3 is 4.74 Å². The molecule has 1 aromatic carbocycles. The molecule has 0 atom stereocenters. The average Bonchev–Trinajstić information content (AvgIpc) is 1.85. The van der Waals surface area contributed by atoms with Crippen molar-refractivity contribution in [1.29, 1.82) is 0 Å². The summed E-state index contributed by atoms with van der Waals surface area (Å²) in [5, 5.41) is 0. The lowest BCUT2D eigenvalue weighted by atomic mass is 10.1. The van der Waals surface area contributed by atoms with Gasteiger partial charge in [-0.1, -0.05) is 29.3 Å². The minimum atomic E-state index is 0.600. The monoisotopic (exact) mass is 149 g/mol. The summed E-state index contributed by atoms with van der Waals surface area (Å²) in [6.45, 7) is 4.77. The fourth-order valence-corrected chi connectivity index (χ4v) is 1.27. The van der Waals surface area contributed by atoms with Gasteiger partial charge in [0.05, 0.1) is 13.7 Å². The molecule has 1 aromatic rings. The summed E-state index contributed by atoms with van der Waals surface area (Å²) in [6, 6.07) is 6.36. The van der Waals surface area contributed by atoms with Crippen LogP contribution in [0.15, 0.2) is 18.2 Å². The van der Waals surface area contributed by atoms with Gasteiger partial charge >= 0.3 is 0 Å². The van der Waals surface area contributed by atoms with Gasteiger partial charge in [0.15, 0.2) is 0 Å². The first-order valence-electron chi connectivity index (χ1n) is 3.66. The standard InChI is InChI=1S/C10H13O/c1-8-4-9(2)6-10(5-8)7-11-3/h4-6H,3,7H2,1-2H3. The lowest BCUT2D eigenvalue weighted by Gasteiger charge is -2.02. The third kappa shape index (κ3) is 2.35. The van der Waals surface area contributed by atoms with Crippen molar-refractivity contribution in [1.82, 2.24) is 0 Å². The van der Waals surface area contributed by atoms with Crippen molar-refractivity contribution in [3.63, 3.8) is 0 Å². The Morgan fingerprint density at radius 3 is 2.18 bits per heavy atom. The van der Waals surface area contributed by atoms with Gasteiger partial charge in [-0.25, -0.2) is 0 Å². The smallest absolute Gasteiger partial charge is 0.0718 e. The molecule has 0 fully saturated rings. The first kappa shape index (κ1) is 8.28. The SMILES string of the molecule is [CH2]OCc1cc(C)cc(C)c1. The Bertz CT molecular complexity index is 220. The minimum Gasteiger partial charge on any atom is -0.374 e. The number of benzene rings is 1. The predicted molar refractivity (Wildman–Crippen MR) is 46.1 cm³/mol. The third-order valence-electron chi connectivity index (χ3n) is 1.55. The van der Waals surface area contributed by atoms with Crippen molar-refractivity contribution < 1.29 is 4.74 Å². The van der Waals surface area contributed by atoms with E-state index in [0.29, 0.717) is 6.61 Å². The Morgan fingerprint density at radius 2 is 1.73 bits per heavy atom. The zero-order valence-electron chi connectivity index (χ0n) is 7.05. The average molecular weight is 149 g/mol. The van der Waals surface area contributed by atoms with Gasteiger partial charge in [-0.2, -0.15) is 0 Å². The second-order valence-electron chi connectivity index (χ2n) is 2.84. The van der Waals surface area contributed by atoms with Gasteiger partial charge in [-0.15, -0.1) is 0 Å². The maximum atomic E-state index is 4.79. The number of hydrogen-bond donors (Lipinski definition) is 0. The van der Waals surface area contributed by atoms with Gasteiger partial charge in [0.1, 0.15) is 0 Å². The second kappa shape index (κ2) is 3.54. The summed E-state index contributed by atoms with van der Waals surface area (Å²) in [5.41, 5.74) is 3.74. The number of aryl methyl sites for hydroxylation is 2. The van der Waals surface area contributed by atoms with Crippen LogP contribution in [0.3, 0.4) is 0 Å². The van der Waals surface area contributed by atoms with Crippen molar-refractivity contribution in [2.24, 2.45) is 0 Å². The fraction of sp³-hybridized carbons (Fsp3) is 0.300. The van der Waals surface area contributed by atoms with Crippen LogP contribution < -0.4 is 0 Å². The first-order valence-corrected chi connectivity index (χ1v) is 3.66. The van der Waals surface area contributed by atoms with E-state index in [1.54, 1.807) is 0 Å². The van der Waals surface area contributed by atoms with Crippen molar-refractivity contribution in [2.75, 3.05) is 0 Å². The Balaban J connectivity index is 2.89. The molecular formula is C10H13O. The summed E-state index contributed by atoms with van der Waals surface area (Å²) in [7, 11) is 3.34. The highest BCUT2D eigenvalue weighted by molar-refractivity contribution is 5.27. The number of ether oxygens (including phenoxy) is 1. The van der Waals surface area contributed by atoms with Gasteiger partial charge in [-0.3, -0.25) is 0 Å². The van der Waals surface area contributed by atoms with E-state index in [4.69, 9.17) is 4.74 Å². The van der Waals surface area contributed by atoms with Crippen LogP contribution in [0.1, 0.15) is 16.7 Å². The lowest BCUT2D eigenvalue weighted by Crippen LogP contribution is -1.88. The largest absolute Gasteiger partial charge is 0.374 e. The van der Waals surface area contributed by atoms with Crippen LogP contribution in [-0.4, -0.2) is 0 Å². The highest BCUT2D eigenvalue weighted by atomic mass is 16.5. The summed E-state index contributed by atoms with van der Waals surface area (Å²) < 4.78 is 4.79. The van der Waals surface area contributed by atoms with Gasteiger partial charge in [-0.05, 0) is 19.4 Å². The Morgan fingerprint density at radius 1 is 1.18 bits per heavy atom. The van der Waals surface area contributed by atoms with Crippen LogP contribution in [-0.2, 0) is 11.3 Å². The van der Waals surface area contributed by atoms with Crippen molar-refractivity contribution in [3.05, 3.63) is 42.0 Å². The first-order chi connectivity index (χ1) is 5.22. The summed E-state index contributed by atoms with van der Waals surface area (Å²) in [6.07, 6.45) is 0. The minimum absolute atomic E-state index is 0.600. The topological polar surface area (TPSA) is 9.23 Å². The van der Waals surface area contributed by atoms with Crippen LogP contribution in [0, 0.1) is 21.0 Å². The molecule has 0 aromatic heterocycles. The molecule has 1 heteroatoms. The third-order valence-corrected chi connectivity index (χ3v) is 1.55. The van der Waals surface area contributed by atoms with Gasteiger partial charge in [0, 0.05) is 0 Å². The molecule has 0 saturated carbocycles. The van der Waals surface area contributed by atoms with Crippen molar-refractivity contribution >= 4 is 0 Å². The van der Waals surface area contributed by atoms with E-state index in [-0.39, 0.29) is 0 Å². The maximum absolute atomic E-state index is 4.79. The fourth-order valence-electron chi connectivity index (χ4n) is 1.27. The predicted octanol–water partition coefficient (Wildman–Crippen LogP) is 2.61. The molecular weight excluding hydrogens is 136 g/mol. The summed E-state index contributed by atoms with van der Waals surface area (Å²) in [5.74, 6) is 0. The number of hydrogen-bond acceptors (Lipinski definition) is 1. The summed E-state index contributed by atoms with van der Waals surface area (Å²) in [4.78, 5) is 0. The van der Waals surface area contributed by atoms with E-state index in [1.807, 2.05) is 0 Å². The van der Waals surface area contributed by atoms with E-state index < -0.39 is 0 Å². The lowest BCUT2D eigenvalue weighted by molar-refractivity contribution is 0.229. The maximum Gasteiger partial charge on any atom is 0.0718 e. The molecule has 0 aliphatic heterocycles. The molecule has 0 bridgehead atoms. The van der Waals surface area contributed by atoms with E-state index in [1.165, 1.54) is 16.7 Å². The molecule has 1 rings (SSSR count). The molecule has 59 valence electrons. The van der Waals surface area contributed by atoms with Gasteiger partial charge in [0.2, 0.25) is 0 Å². The van der Waals surface area contributed by atoms with Crippen LogP contribution in [0.4, 0.5) is 0 Å². The molecule has 0 amide bonds. The van der Waals surface area contributed by atoms with Gasteiger partial charge in [0.25, 0.3) is 0 Å². The van der Waals surface area contributed by atoms with Crippen LogP contribution in [0.25, 0.3) is 0 Å². The van der Waals surface area contributed by atoms with E-state index in [9.17, 15) is 0 Å². The molecule has 0 aliphatic rings. The highest BCUT2D eigenvalue weighted by Crippen LogP contribution is 2.09. The van der Waals surface area contributed by atoms with E-state index in [0.717, 1.165) is 0 Å². The highest BCUT2D eigenvalue weighted by Gasteiger charge is 1.93. The van der Waals surface area contributed by atoms with Crippen LogP contribution in [0.2, 0.25) is 0 Å². The molecule has 0 saturated heterocycles. The molecule has 0 aliphatic carbocycles. The molecule has 0 heterocycles. The summed E-state index contributed by atoms with van der Waals surface area (Å²) >= 11 is 0. The van der Waals surface area contributed by atoms with Crippen LogP contribution >= 0.6 is 0 Å². The molecule has 1 radical (unpaired) electrons. The molecule has 0 spiro atoms. The Kier molecular flexibility index (Phi) is 2.66. The van der Waals surface area contributed by atoms with E-state index in [2.05, 4.69) is 39.2 Å². The molecule has 0 N–H and O–H groups in total. The number of rotatable bonds is 2. The second-order valence-corrected chi connectivity index (χ2v) is 2.84. The normalized spacial score (nSPS) is 10.1. The molecule has 1 nitrogen and oxygen atoms in total. The van der Waals surface area contributed by atoms with Crippen molar-refractivity contribution in [2.45, 2.75) is 20.5 Å².